The Hall–Kier alpha value is -3.81. The van der Waals surface area contributed by atoms with Gasteiger partial charge in [-0.25, -0.2) is 9.78 Å². The number of fused-ring (bicyclic) bond motifs is 1. The second-order valence-electron chi connectivity index (χ2n) is 7.02. The quantitative estimate of drug-likeness (QED) is 0.645. The van der Waals surface area contributed by atoms with E-state index in [1.807, 2.05) is 18.2 Å². The molecule has 3 N–H and O–H groups in total. The van der Waals surface area contributed by atoms with Gasteiger partial charge in [0.05, 0.1) is 0 Å². The normalized spacial score (nSPS) is 14.3. The smallest absolute Gasteiger partial charge is 0.434 e. The van der Waals surface area contributed by atoms with E-state index in [0.29, 0.717) is 30.2 Å². The number of hydrogen-bond acceptors (Lipinski definition) is 6. The number of nitrogens with two attached hydrogens (primary N) is 1. The molecule has 2 amide bonds. The van der Waals surface area contributed by atoms with Gasteiger partial charge in [-0.1, -0.05) is 36.4 Å². The van der Waals surface area contributed by atoms with E-state index in [0.717, 1.165) is 23.6 Å². The number of pyridine rings is 1. The maximum atomic E-state index is 12.8. The number of rotatable bonds is 4. The van der Waals surface area contributed by atoms with Gasteiger partial charge in [0.25, 0.3) is 5.91 Å². The van der Waals surface area contributed by atoms with Crippen LogP contribution >= 0.6 is 0 Å². The molecular formula is C22H22N4O4. The molecule has 30 heavy (non-hydrogen) atoms. The molecule has 3 aromatic rings. The van der Waals surface area contributed by atoms with Crippen molar-refractivity contribution in [3.8, 4) is 5.75 Å². The molecule has 0 spiro atoms. The second kappa shape index (κ2) is 8.69. The minimum atomic E-state index is -1.02. The van der Waals surface area contributed by atoms with Gasteiger partial charge in [0.2, 0.25) is 6.10 Å². The molecule has 1 aliphatic heterocycles. The summed E-state index contributed by atoms with van der Waals surface area (Å²) in [6.45, 7) is 1.25. The largest absolute Gasteiger partial charge is 0.476 e. The number of amides is 2. The van der Waals surface area contributed by atoms with Crippen molar-refractivity contribution in [3.63, 3.8) is 0 Å². The van der Waals surface area contributed by atoms with Crippen molar-refractivity contribution < 1.29 is 19.2 Å². The topological polar surface area (TPSA) is 107 Å². The van der Waals surface area contributed by atoms with Crippen molar-refractivity contribution in [2.75, 3.05) is 18.8 Å². The first-order valence-electron chi connectivity index (χ1n) is 9.73. The lowest BCUT2D eigenvalue weighted by molar-refractivity contribution is -0.137. The van der Waals surface area contributed by atoms with Crippen LogP contribution in [0.2, 0.25) is 0 Å². The molecule has 1 fully saturated rings. The Bertz CT molecular complexity index is 1050. The number of anilines is 1. The van der Waals surface area contributed by atoms with Crippen molar-refractivity contribution >= 4 is 28.6 Å². The van der Waals surface area contributed by atoms with Gasteiger partial charge in [0, 0.05) is 30.2 Å². The highest BCUT2D eigenvalue weighted by Gasteiger charge is 2.26. The second-order valence-corrected chi connectivity index (χ2v) is 7.02. The third kappa shape index (κ3) is 4.27. The first kappa shape index (κ1) is 19.5. The molecule has 0 aliphatic carbocycles. The first-order chi connectivity index (χ1) is 14.6. The molecule has 8 heteroatoms. The van der Waals surface area contributed by atoms with Gasteiger partial charge >= 0.3 is 6.09 Å². The van der Waals surface area contributed by atoms with Gasteiger partial charge in [-0.2, -0.15) is 5.48 Å². The van der Waals surface area contributed by atoms with E-state index in [1.54, 1.807) is 47.5 Å². The van der Waals surface area contributed by atoms with Gasteiger partial charge in [-0.3, -0.25) is 4.79 Å². The zero-order valence-electron chi connectivity index (χ0n) is 16.3. The molecule has 1 aromatic heterocycles. The number of likely N-dealkylation sites (tertiary alicyclic amines) is 1. The monoisotopic (exact) mass is 406 g/mol. The minimum Gasteiger partial charge on any atom is -0.476 e. The van der Waals surface area contributed by atoms with Gasteiger partial charge < -0.3 is 20.2 Å². The van der Waals surface area contributed by atoms with Gasteiger partial charge in [-0.15, -0.1) is 0 Å². The van der Waals surface area contributed by atoms with Crippen LogP contribution in [0.15, 0.2) is 60.8 Å². The zero-order chi connectivity index (χ0) is 20.9. The Morgan fingerprint density at radius 1 is 1.07 bits per heavy atom. The summed E-state index contributed by atoms with van der Waals surface area (Å²) >= 11 is 0. The van der Waals surface area contributed by atoms with E-state index >= 15 is 0 Å². The predicted molar refractivity (Wildman–Crippen MR) is 111 cm³/mol. The van der Waals surface area contributed by atoms with Crippen LogP contribution in [0.25, 0.3) is 10.8 Å². The number of ether oxygens (including phenoxy) is 1. The van der Waals surface area contributed by atoms with Gasteiger partial charge in [0.15, 0.2) is 0 Å². The van der Waals surface area contributed by atoms with Crippen LogP contribution in [-0.4, -0.2) is 35.0 Å². The SMILES string of the molecule is Nc1nccc2ccc(OC(C(=O)NOC(=O)N3CCCC3)c3ccccc3)cc12. The third-order valence-corrected chi connectivity index (χ3v) is 4.97. The fourth-order valence-corrected chi connectivity index (χ4v) is 3.39. The third-order valence-electron chi connectivity index (χ3n) is 4.97. The standard InChI is InChI=1S/C22H22N4O4/c23-20-18-14-17(9-8-15(18)10-11-24-20)29-19(16-6-2-1-3-7-16)21(27)25-30-22(28)26-12-4-5-13-26/h1-3,6-11,14,19H,4-5,12-13H2,(H2,23,24)(H,25,27). The molecule has 1 atom stereocenters. The van der Waals surface area contributed by atoms with Crippen LogP contribution in [0.1, 0.15) is 24.5 Å². The summed E-state index contributed by atoms with van der Waals surface area (Å²) in [5.41, 5.74) is 8.81. The number of nitrogens with zero attached hydrogens (tertiary/aromatic N) is 2. The Morgan fingerprint density at radius 2 is 1.83 bits per heavy atom. The molecule has 154 valence electrons. The number of hydroxylamine groups is 1. The number of aromatic nitrogens is 1. The van der Waals surface area contributed by atoms with Crippen LogP contribution in [0.3, 0.4) is 0 Å². The lowest BCUT2D eigenvalue weighted by atomic mass is 10.1. The molecule has 8 nitrogen and oxygen atoms in total. The summed E-state index contributed by atoms with van der Waals surface area (Å²) in [6.07, 6.45) is 1.90. The fraction of sp³-hybridized carbons (Fsp3) is 0.227. The Balaban J connectivity index is 1.53. The Morgan fingerprint density at radius 3 is 2.60 bits per heavy atom. The highest BCUT2D eigenvalue weighted by atomic mass is 16.7. The van der Waals surface area contributed by atoms with E-state index in [-0.39, 0.29) is 0 Å². The summed E-state index contributed by atoms with van der Waals surface area (Å²) in [5, 5.41) is 1.64. The zero-order valence-corrected chi connectivity index (χ0v) is 16.3. The molecule has 4 rings (SSSR count). The summed E-state index contributed by atoms with van der Waals surface area (Å²) < 4.78 is 5.98. The number of nitrogen functional groups attached to an aromatic ring is 1. The first-order valence-corrected chi connectivity index (χ1v) is 9.73. The number of carbonyl (C=O) groups excluding carboxylic acids is 2. The average Bonchev–Trinajstić information content (AvgIpc) is 3.32. The number of nitrogens with one attached hydrogen (secondary N) is 1. The van der Waals surface area contributed by atoms with E-state index in [9.17, 15) is 9.59 Å². The minimum absolute atomic E-state index is 0.373. The van der Waals surface area contributed by atoms with E-state index in [4.69, 9.17) is 15.3 Å². The molecule has 0 saturated carbocycles. The van der Waals surface area contributed by atoms with Crippen molar-refractivity contribution in [2.45, 2.75) is 18.9 Å². The Kier molecular flexibility index (Phi) is 5.65. The molecular weight excluding hydrogens is 384 g/mol. The fourth-order valence-electron chi connectivity index (χ4n) is 3.39. The lowest BCUT2D eigenvalue weighted by Gasteiger charge is -2.20. The molecule has 1 saturated heterocycles. The van der Waals surface area contributed by atoms with Gasteiger partial charge in [-0.05, 0) is 36.4 Å². The van der Waals surface area contributed by atoms with Crippen LogP contribution in [0.4, 0.5) is 10.6 Å². The van der Waals surface area contributed by atoms with Crippen molar-refractivity contribution in [1.29, 1.82) is 0 Å². The summed E-state index contributed by atoms with van der Waals surface area (Å²) in [5.74, 6) is 0.225. The van der Waals surface area contributed by atoms with Crippen molar-refractivity contribution in [1.82, 2.24) is 15.4 Å². The van der Waals surface area contributed by atoms with Gasteiger partial charge in [0.1, 0.15) is 11.6 Å². The molecule has 1 aliphatic rings. The molecule has 1 unspecified atom stereocenters. The molecule has 2 heterocycles. The van der Waals surface area contributed by atoms with E-state index in [2.05, 4.69) is 10.5 Å². The Labute approximate surface area is 173 Å². The van der Waals surface area contributed by atoms with E-state index in [1.165, 1.54) is 0 Å². The highest BCUT2D eigenvalue weighted by molar-refractivity contribution is 5.92. The molecule has 2 aromatic carbocycles. The van der Waals surface area contributed by atoms with Crippen LogP contribution in [0.5, 0.6) is 5.75 Å². The molecule has 0 bridgehead atoms. The van der Waals surface area contributed by atoms with E-state index < -0.39 is 18.1 Å². The number of benzene rings is 2. The average molecular weight is 406 g/mol. The predicted octanol–water partition coefficient (Wildman–Crippen LogP) is 3.20. The summed E-state index contributed by atoms with van der Waals surface area (Å²) in [7, 11) is 0. The summed E-state index contributed by atoms with van der Waals surface area (Å²) in [6, 6.07) is 16.2. The van der Waals surface area contributed by atoms with Crippen LogP contribution in [-0.2, 0) is 9.63 Å². The maximum absolute atomic E-state index is 12.8. The maximum Gasteiger partial charge on any atom is 0.434 e. The van der Waals surface area contributed by atoms with Crippen molar-refractivity contribution in [3.05, 3.63) is 66.4 Å². The molecule has 0 radical (unpaired) electrons. The number of carbonyl (C=O) groups is 2. The van der Waals surface area contributed by atoms with Crippen LogP contribution < -0.4 is 16.0 Å². The number of hydrogen-bond donors (Lipinski definition) is 2. The van der Waals surface area contributed by atoms with Crippen LogP contribution in [0, 0.1) is 0 Å². The summed E-state index contributed by atoms with van der Waals surface area (Å²) in [4.78, 5) is 35.5. The lowest BCUT2D eigenvalue weighted by Crippen LogP contribution is -2.38. The van der Waals surface area contributed by atoms with Crippen molar-refractivity contribution in [2.24, 2.45) is 0 Å². The highest BCUT2D eigenvalue weighted by Crippen LogP contribution is 2.28.